The lowest BCUT2D eigenvalue weighted by Crippen LogP contribution is -2.27. The van der Waals surface area contributed by atoms with Crippen molar-refractivity contribution in [1.82, 2.24) is 0 Å². The molecule has 0 radical (unpaired) electrons. The van der Waals surface area contributed by atoms with Crippen molar-refractivity contribution in [3.63, 3.8) is 0 Å². The Labute approximate surface area is 87.8 Å². The van der Waals surface area contributed by atoms with Crippen LogP contribution in [0.1, 0.15) is 6.42 Å². The van der Waals surface area contributed by atoms with Gasteiger partial charge in [0.15, 0.2) is 5.60 Å². The zero-order valence-electron chi connectivity index (χ0n) is 8.30. The molecule has 0 amide bonds. The van der Waals surface area contributed by atoms with Gasteiger partial charge in [0.05, 0.1) is 0 Å². The first-order valence-electron chi connectivity index (χ1n) is 4.39. The van der Waals surface area contributed by atoms with Crippen LogP contribution in [-0.4, -0.2) is 23.8 Å². The maximum Gasteiger partial charge on any atom is 0.328 e. The number of hydrogen-bond acceptors (Lipinski definition) is 3. The molecular formula is C11H11NO3. The van der Waals surface area contributed by atoms with Crippen LogP contribution in [0.5, 0.6) is 0 Å². The van der Waals surface area contributed by atoms with Gasteiger partial charge in [0, 0.05) is 19.6 Å². The summed E-state index contributed by atoms with van der Waals surface area (Å²) in [5, 5.41) is 17.3. The van der Waals surface area contributed by atoms with Gasteiger partial charge in [0.2, 0.25) is 0 Å². The number of carbonyl (C=O) groups is 1. The highest BCUT2D eigenvalue weighted by Crippen LogP contribution is 2.23. The van der Waals surface area contributed by atoms with Gasteiger partial charge in [-0.1, -0.05) is 12.2 Å². The predicted molar refractivity (Wildman–Crippen MR) is 54.0 cm³/mol. The minimum Gasteiger partial charge on any atom is -0.478 e. The summed E-state index contributed by atoms with van der Waals surface area (Å²) < 4.78 is 5.07. The van der Waals surface area contributed by atoms with E-state index >= 15 is 0 Å². The number of methoxy groups -OCH3 is 1. The Bertz CT molecular complexity index is 387. The Balaban J connectivity index is 2.74. The lowest BCUT2D eigenvalue weighted by molar-refractivity contribution is -0.131. The average Bonchev–Trinajstić information content (AvgIpc) is 2.27. The second kappa shape index (κ2) is 4.58. The summed E-state index contributed by atoms with van der Waals surface area (Å²) in [5.41, 5.74) is -0.138. The molecule has 15 heavy (non-hydrogen) atoms. The molecule has 1 rings (SSSR count). The number of carboxylic acids is 1. The number of allylic oxidation sites excluding steroid dienone is 3. The molecule has 0 aromatic rings. The predicted octanol–water partition coefficient (Wildman–Crippen LogP) is 1.42. The molecule has 78 valence electrons. The molecule has 4 nitrogen and oxygen atoms in total. The van der Waals surface area contributed by atoms with E-state index in [-0.39, 0.29) is 0 Å². The van der Waals surface area contributed by atoms with Crippen molar-refractivity contribution in [3.05, 3.63) is 36.0 Å². The SMILES string of the molecule is COC1(C#N)C=CC(C=CC(=O)O)=CC1. The van der Waals surface area contributed by atoms with E-state index < -0.39 is 11.6 Å². The summed E-state index contributed by atoms with van der Waals surface area (Å²) in [5.74, 6) is -0.992. The van der Waals surface area contributed by atoms with Gasteiger partial charge in [-0.2, -0.15) is 5.26 Å². The monoisotopic (exact) mass is 205 g/mol. The molecule has 0 saturated carbocycles. The molecule has 0 heterocycles. The smallest absolute Gasteiger partial charge is 0.328 e. The van der Waals surface area contributed by atoms with Crippen molar-refractivity contribution in [1.29, 1.82) is 5.26 Å². The second-order valence-corrected chi connectivity index (χ2v) is 3.12. The van der Waals surface area contributed by atoms with E-state index in [9.17, 15) is 4.79 Å². The molecule has 1 aliphatic rings. The highest BCUT2D eigenvalue weighted by atomic mass is 16.5. The van der Waals surface area contributed by atoms with Crippen LogP contribution >= 0.6 is 0 Å². The molecule has 0 aliphatic heterocycles. The van der Waals surface area contributed by atoms with Gasteiger partial charge in [-0.25, -0.2) is 4.79 Å². The summed E-state index contributed by atoms with van der Waals surface area (Å²) in [6.07, 6.45) is 8.05. The van der Waals surface area contributed by atoms with Crippen LogP contribution in [0.2, 0.25) is 0 Å². The Morgan fingerprint density at radius 2 is 2.53 bits per heavy atom. The maximum atomic E-state index is 10.3. The van der Waals surface area contributed by atoms with E-state index in [0.29, 0.717) is 6.42 Å². The number of nitriles is 1. The van der Waals surface area contributed by atoms with Gasteiger partial charge < -0.3 is 9.84 Å². The average molecular weight is 205 g/mol. The summed E-state index contributed by atoms with van der Waals surface area (Å²) >= 11 is 0. The van der Waals surface area contributed by atoms with Gasteiger partial charge in [0.25, 0.3) is 0 Å². The van der Waals surface area contributed by atoms with Crippen LogP contribution in [0.4, 0.5) is 0 Å². The van der Waals surface area contributed by atoms with Gasteiger partial charge in [-0.3, -0.25) is 0 Å². The van der Waals surface area contributed by atoms with Crippen LogP contribution in [0.3, 0.4) is 0 Å². The summed E-state index contributed by atoms with van der Waals surface area (Å²) in [6, 6.07) is 2.06. The van der Waals surface area contributed by atoms with E-state index in [0.717, 1.165) is 11.6 Å². The molecule has 1 atom stereocenters. The first kappa shape index (κ1) is 11.2. The van der Waals surface area contributed by atoms with Crippen molar-refractivity contribution in [2.24, 2.45) is 0 Å². The molecule has 0 spiro atoms. The van der Waals surface area contributed by atoms with Crippen LogP contribution in [-0.2, 0) is 9.53 Å². The van der Waals surface area contributed by atoms with E-state index in [1.54, 1.807) is 18.2 Å². The topological polar surface area (TPSA) is 70.3 Å². The van der Waals surface area contributed by atoms with E-state index in [1.165, 1.54) is 13.2 Å². The largest absolute Gasteiger partial charge is 0.478 e. The number of nitrogens with zero attached hydrogens (tertiary/aromatic N) is 1. The zero-order chi connectivity index (χ0) is 11.3. The summed E-state index contributed by atoms with van der Waals surface area (Å²) in [7, 11) is 1.47. The quantitative estimate of drug-likeness (QED) is 0.707. The third kappa shape index (κ3) is 2.79. The number of hydrogen-bond donors (Lipinski definition) is 1. The Morgan fingerprint density at radius 1 is 1.80 bits per heavy atom. The van der Waals surface area contributed by atoms with Crippen molar-refractivity contribution < 1.29 is 14.6 Å². The number of rotatable bonds is 3. The number of carboxylic acid groups (broad SMARTS) is 1. The minimum absolute atomic E-state index is 0.426. The fourth-order valence-electron chi connectivity index (χ4n) is 1.21. The normalized spacial score (nSPS) is 24.9. The van der Waals surface area contributed by atoms with Crippen LogP contribution in [0.15, 0.2) is 36.0 Å². The molecule has 4 heteroatoms. The van der Waals surface area contributed by atoms with Crippen LogP contribution in [0, 0.1) is 11.3 Å². The fourth-order valence-corrected chi connectivity index (χ4v) is 1.21. The molecule has 0 aromatic heterocycles. The second-order valence-electron chi connectivity index (χ2n) is 3.12. The van der Waals surface area contributed by atoms with Crippen LogP contribution < -0.4 is 0 Å². The summed E-state index contributed by atoms with van der Waals surface area (Å²) in [4.78, 5) is 10.3. The minimum atomic E-state index is -0.992. The third-order valence-electron chi connectivity index (χ3n) is 2.16. The molecule has 1 aliphatic carbocycles. The van der Waals surface area contributed by atoms with Gasteiger partial charge in [0.1, 0.15) is 6.07 Å². The fraction of sp³-hybridized carbons (Fsp3) is 0.273. The van der Waals surface area contributed by atoms with Crippen molar-refractivity contribution in [3.8, 4) is 6.07 Å². The first-order valence-corrected chi connectivity index (χ1v) is 4.39. The van der Waals surface area contributed by atoms with Crippen molar-refractivity contribution in [2.75, 3.05) is 7.11 Å². The molecular weight excluding hydrogens is 194 g/mol. The highest BCUT2D eigenvalue weighted by molar-refractivity contribution is 5.80. The Hall–Kier alpha value is -1.86. The molecule has 0 saturated heterocycles. The third-order valence-corrected chi connectivity index (χ3v) is 2.16. The highest BCUT2D eigenvalue weighted by Gasteiger charge is 2.26. The maximum absolute atomic E-state index is 10.3. The molecule has 0 fully saturated rings. The van der Waals surface area contributed by atoms with Crippen LogP contribution in [0.25, 0.3) is 0 Å². The number of ether oxygens (including phenoxy) is 1. The molecule has 0 bridgehead atoms. The summed E-state index contributed by atoms with van der Waals surface area (Å²) in [6.45, 7) is 0. The van der Waals surface area contributed by atoms with Gasteiger partial charge >= 0.3 is 5.97 Å². The standard InChI is InChI=1S/C11H11NO3/c1-15-11(8-12)6-4-9(5-7-11)2-3-10(13)14/h2-6H,7H2,1H3,(H,13,14). The van der Waals surface area contributed by atoms with E-state index in [2.05, 4.69) is 6.07 Å². The molecule has 1 N–H and O–H groups in total. The Morgan fingerprint density at radius 3 is 2.93 bits per heavy atom. The Kier molecular flexibility index (Phi) is 3.42. The lowest BCUT2D eigenvalue weighted by Gasteiger charge is -2.22. The van der Waals surface area contributed by atoms with E-state index in [4.69, 9.17) is 15.1 Å². The zero-order valence-corrected chi connectivity index (χ0v) is 8.30. The lowest BCUT2D eigenvalue weighted by atomic mass is 9.93. The molecule has 1 unspecified atom stereocenters. The first-order chi connectivity index (χ1) is 7.12. The van der Waals surface area contributed by atoms with Crippen molar-refractivity contribution in [2.45, 2.75) is 12.0 Å². The van der Waals surface area contributed by atoms with E-state index in [1.807, 2.05) is 0 Å². The van der Waals surface area contributed by atoms with Gasteiger partial charge in [-0.05, 0) is 17.7 Å². The van der Waals surface area contributed by atoms with Crippen molar-refractivity contribution >= 4 is 5.97 Å². The number of aliphatic carboxylic acids is 1. The van der Waals surface area contributed by atoms with Gasteiger partial charge in [-0.15, -0.1) is 0 Å². The molecule has 0 aromatic carbocycles.